The summed E-state index contributed by atoms with van der Waals surface area (Å²) in [7, 11) is 0. The lowest BCUT2D eigenvalue weighted by atomic mass is 10.2. The molecule has 2 aromatic rings. The third kappa shape index (κ3) is 3.26. The molecule has 2 rings (SSSR count). The van der Waals surface area contributed by atoms with E-state index in [-0.39, 0.29) is 16.4 Å². The SMILES string of the molecule is CCc1ccc(CNc2cc(F)c(Cl)cc2[N+](=O)[O-])s1. The first-order chi connectivity index (χ1) is 9.51. The van der Waals surface area contributed by atoms with Crippen molar-refractivity contribution in [3.8, 4) is 0 Å². The van der Waals surface area contributed by atoms with E-state index in [9.17, 15) is 14.5 Å². The molecule has 1 heterocycles. The molecule has 0 spiro atoms. The summed E-state index contributed by atoms with van der Waals surface area (Å²) in [5.74, 6) is -0.680. The van der Waals surface area contributed by atoms with Crippen LogP contribution in [0.1, 0.15) is 16.7 Å². The first kappa shape index (κ1) is 14.7. The van der Waals surface area contributed by atoms with E-state index in [2.05, 4.69) is 12.2 Å². The number of hydrogen-bond donors (Lipinski definition) is 1. The van der Waals surface area contributed by atoms with Gasteiger partial charge in [-0.2, -0.15) is 0 Å². The van der Waals surface area contributed by atoms with Crippen LogP contribution in [0.15, 0.2) is 24.3 Å². The maximum Gasteiger partial charge on any atom is 0.294 e. The summed E-state index contributed by atoms with van der Waals surface area (Å²) < 4.78 is 13.4. The lowest BCUT2D eigenvalue weighted by molar-refractivity contribution is -0.384. The number of thiophene rings is 1. The molecule has 4 nitrogen and oxygen atoms in total. The molecule has 0 aliphatic carbocycles. The van der Waals surface area contributed by atoms with Gasteiger partial charge >= 0.3 is 0 Å². The van der Waals surface area contributed by atoms with Gasteiger partial charge in [0.15, 0.2) is 0 Å². The Balaban J connectivity index is 2.20. The maximum atomic E-state index is 13.4. The molecule has 0 fully saturated rings. The van der Waals surface area contributed by atoms with Crippen molar-refractivity contribution in [2.45, 2.75) is 19.9 Å². The van der Waals surface area contributed by atoms with Gasteiger partial charge in [-0.25, -0.2) is 4.39 Å². The molecule has 0 saturated heterocycles. The fourth-order valence-corrected chi connectivity index (χ4v) is 2.77. The fourth-order valence-electron chi connectivity index (χ4n) is 1.72. The van der Waals surface area contributed by atoms with Crippen LogP contribution in [-0.4, -0.2) is 4.92 Å². The van der Waals surface area contributed by atoms with Crippen molar-refractivity contribution in [3.05, 3.63) is 55.0 Å². The van der Waals surface area contributed by atoms with Crippen LogP contribution in [0.3, 0.4) is 0 Å². The van der Waals surface area contributed by atoms with Crippen molar-refractivity contribution in [3.63, 3.8) is 0 Å². The van der Waals surface area contributed by atoms with Crippen LogP contribution in [0.2, 0.25) is 5.02 Å². The Hall–Kier alpha value is -1.66. The number of benzene rings is 1. The Bertz CT molecular complexity index is 645. The average molecular weight is 315 g/mol. The van der Waals surface area contributed by atoms with Gasteiger partial charge in [0.05, 0.1) is 9.95 Å². The van der Waals surface area contributed by atoms with Crippen LogP contribution in [0.25, 0.3) is 0 Å². The number of nitro benzene ring substituents is 1. The molecule has 0 saturated carbocycles. The lowest BCUT2D eigenvalue weighted by Crippen LogP contribution is -2.02. The zero-order valence-corrected chi connectivity index (χ0v) is 12.2. The number of halogens is 2. The second kappa shape index (κ2) is 6.19. The summed E-state index contributed by atoms with van der Waals surface area (Å²) in [4.78, 5) is 12.6. The normalized spacial score (nSPS) is 10.6. The van der Waals surface area contributed by atoms with E-state index >= 15 is 0 Å². The van der Waals surface area contributed by atoms with Gasteiger partial charge in [0.25, 0.3) is 5.69 Å². The Kier molecular flexibility index (Phi) is 4.57. The van der Waals surface area contributed by atoms with Crippen LogP contribution in [0.4, 0.5) is 15.8 Å². The van der Waals surface area contributed by atoms with Gasteiger partial charge in [-0.15, -0.1) is 11.3 Å². The Labute approximate surface area is 124 Å². The molecule has 0 aliphatic rings. The minimum absolute atomic E-state index is 0.128. The highest BCUT2D eigenvalue weighted by atomic mass is 35.5. The van der Waals surface area contributed by atoms with E-state index in [4.69, 9.17) is 11.6 Å². The number of nitrogens with one attached hydrogen (secondary N) is 1. The molecule has 1 aromatic carbocycles. The number of nitro groups is 1. The first-order valence-corrected chi connectivity index (χ1v) is 7.15. The highest BCUT2D eigenvalue weighted by molar-refractivity contribution is 7.12. The summed E-state index contributed by atoms with van der Waals surface area (Å²) in [6.07, 6.45) is 0.945. The summed E-state index contributed by atoms with van der Waals surface area (Å²) >= 11 is 7.19. The van der Waals surface area contributed by atoms with Gasteiger partial charge < -0.3 is 5.32 Å². The van der Waals surface area contributed by atoms with Gasteiger partial charge in [-0.3, -0.25) is 10.1 Å². The zero-order valence-electron chi connectivity index (χ0n) is 10.7. The van der Waals surface area contributed by atoms with E-state index in [1.165, 1.54) is 4.88 Å². The smallest absolute Gasteiger partial charge is 0.294 e. The largest absolute Gasteiger partial charge is 0.375 e. The molecule has 0 bridgehead atoms. The highest BCUT2D eigenvalue weighted by Gasteiger charge is 2.17. The fraction of sp³-hybridized carbons (Fsp3) is 0.231. The maximum absolute atomic E-state index is 13.4. The summed E-state index contributed by atoms with van der Waals surface area (Å²) in [6.45, 7) is 2.47. The highest BCUT2D eigenvalue weighted by Crippen LogP contribution is 2.31. The quantitative estimate of drug-likeness (QED) is 0.647. The van der Waals surface area contributed by atoms with Crippen molar-refractivity contribution in [1.82, 2.24) is 0 Å². The third-order valence-corrected chi connectivity index (χ3v) is 4.27. The number of rotatable bonds is 5. The molecule has 20 heavy (non-hydrogen) atoms. The predicted octanol–water partition coefficient (Wildman–Crippen LogP) is 4.62. The first-order valence-electron chi connectivity index (χ1n) is 5.96. The summed E-state index contributed by atoms with van der Waals surface area (Å²) in [5.41, 5.74) is -0.105. The summed E-state index contributed by atoms with van der Waals surface area (Å²) in [5, 5.41) is 13.6. The van der Waals surface area contributed by atoms with Crippen molar-refractivity contribution in [2.24, 2.45) is 0 Å². The Morgan fingerprint density at radius 2 is 2.10 bits per heavy atom. The number of aryl methyl sites for hydroxylation is 1. The Morgan fingerprint density at radius 3 is 2.70 bits per heavy atom. The van der Waals surface area contributed by atoms with E-state index in [1.54, 1.807) is 11.3 Å². The van der Waals surface area contributed by atoms with Crippen LogP contribution in [0, 0.1) is 15.9 Å². The van der Waals surface area contributed by atoms with Crippen LogP contribution < -0.4 is 5.32 Å². The van der Waals surface area contributed by atoms with Gasteiger partial charge in [0.2, 0.25) is 0 Å². The van der Waals surface area contributed by atoms with Crippen LogP contribution in [0.5, 0.6) is 0 Å². The molecule has 7 heteroatoms. The molecular weight excluding hydrogens is 303 g/mol. The van der Waals surface area contributed by atoms with Crippen LogP contribution >= 0.6 is 22.9 Å². The monoisotopic (exact) mass is 314 g/mol. The van der Waals surface area contributed by atoms with Crippen molar-refractivity contribution < 1.29 is 9.31 Å². The second-order valence-corrected chi connectivity index (χ2v) is 5.78. The van der Waals surface area contributed by atoms with Gasteiger partial charge in [-0.05, 0) is 18.6 Å². The van der Waals surface area contributed by atoms with Crippen molar-refractivity contribution in [2.75, 3.05) is 5.32 Å². The molecule has 106 valence electrons. The molecule has 0 unspecified atom stereocenters. The number of hydrogen-bond acceptors (Lipinski definition) is 4. The minimum atomic E-state index is -0.680. The van der Waals surface area contributed by atoms with E-state index < -0.39 is 10.7 Å². The topological polar surface area (TPSA) is 55.2 Å². The molecule has 1 N–H and O–H groups in total. The summed E-state index contributed by atoms with van der Waals surface area (Å²) in [6, 6.07) is 6.03. The molecule has 1 aromatic heterocycles. The minimum Gasteiger partial charge on any atom is -0.375 e. The molecule has 0 atom stereocenters. The molecule has 0 amide bonds. The van der Waals surface area contributed by atoms with Crippen molar-refractivity contribution >= 4 is 34.3 Å². The second-order valence-electron chi connectivity index (χ2n) is 4.12. The molecular formula is C13H12ClFN2O2S. The van der Waals surface area contributed by atoms with Crippen molar-refractivity contribution in [1.29, 1.82) is 0 Å². The van der Waals surface area contributed by atoms with E-state index in [0.717, 1.165) is 23.4 Å². The number of anilines is 1. The third-order valence-electron chi connectivity index (χ3n) is 2.75. The lowest BCUT2D eigenvalue weighted by Gasteiger charge is -2.07. The predicted molar refractivity (Wildman–Crippen MR) is 79.1 cm³/mol. The van der Waals surface area contributed by atoms with E-state index in [0.29, 0.717) is 6.54 Å². The standard InChI is InChI=1S/C13H12ClFN2O2S/c1-2-8-3-4-9(20-8)7-16-12-6-11(15)10(14)5-13(12)17(18)19/h3-6,16H,2,7H2,1H3. The molecule has 0 radical (unpaired) electrons. The van der Waals surface area contributed by atoms with Crippen LogP contribution in [-0.2, 0) is 13.0 Å². The number of nitrogens with zero attached hydrogens (tertiary/aromatic N) is 1. The van der Waals surface area contributed by atoms with Gasteiger partial charge in [0, 0.05) is 28.4 Å². The average Bonchev–Trinajstić information content (AvgIpc) is 2.87. The Morgan fingerprint density at radius 1 is 1.40 bits per heavy atom. The van der Waals surface area contributed by atoms with E-state index in [1.807, 2.05) is 12.1 Å². The zero-order chi connectivity index (χ0) is 14.7. The van der Waals surface area contributed by atoms with Gasteiger partial charge in [-0.1, -0.05) is 18.5 Å². The van der Waals surface area contributed by atoms with Gasteiger partial charge in [0.1, 0.15) is 11.5 Å². The molecule has 0 aliphatic heterocycles.